The van der Waals surface area contributed by atoms with E-state index in [0.29, 0.717) is 6.04 Å². The number of fused-ring (bicyclic) bond motifs is 2. The van der Waals surface area contributed by atoms with Gasteiger partial charge in [0.15, 0.2) is 0 Å². The molecule has 146 valence electrons. The molecule has 1 saturated carbocycles. The van der Waals surface area contributed by atoms with E-state index in [9.17, 15) is 9.59 Å². The van der Waals surface area contributed by atoms with Crippen molar-refractivity contribution in [2.75, 3.05) is 16.0 Å². The van der Waals surface area contributed by atoms with Crippen LogP contribution in [0.15, 0.2) is 48.5 Å². The molecule has 2 amide bonds. The minimum absolute atomic E-state index is 0.0164. The van der Waals surface area contributed by atoms with Crippen LogP contribution in [0, 0.1) is 5.92 Å². The lowest BCUT2D eigenvalue weighted by Gasteiger charge is -2.36. The molecule has 1 aliphatic heterocycles. The summed E-state index contributed by atoms with van der Waals surface area (Å²) >= 11 is 0. The van der Waals surface area contributed by atoms with Crippen molar-refractivity contribution in [3.63, 3.8) is 0 Å². The molecule has 3 N–H and O–H groups in total. The molecular weight excluding hydrogens is 350 g/mol. The fraction of sp³-hybridized carbons (Fsp3) is 0.391. The molecule has 0 unspecified atom stereocenters. The molecule has 0 atom stereocenters. The summed E-state index contributed by atoms with van der Waals surface area (Å²) in [6.07, 6.45) is 3.56. The average Bonchev–Trinajstić information content (AvgIpc) is 2.95. The number of carbonyl (C=O) groups excluding carboxylic acids is 2. The zero-order valence-corrected chi connectivity index (χ0v) is 16.4. The maximum absolute atomic E-state index is 12.7. The van der Waals surface area contributed by atoms with Crippen LogP contribution in [0.5, 0.6) is 0 Å². The van der Waals surface area contributed by atoms with Gasteiger partial charge in [-0.25, -0.2) is 0 Å². The number of carbonyl (C=O) groups is 2. The standard InChI is InChI=1S/C23H27N3O2/c1-15(2)21(27)25-18-7-5-6-17(14-18)24-16-10-12-23(13-11-16)19-8-3-4-9-20(19)26-22(23)28/h3-9,14-16,24H,10-13H2,1-2H3,(H,25,27)(H,26,28). The number of hydrogen-bond donors (Lipinski definition) is 3. The Balaban J connectivity index is 1.42. The molecule has 1 spiro atoms. The van der Waals surface area contributed by atoms with Crippen molar-refractivity contribution in [3.05, 3.63) is 54.1 Å². The number of benzene rings is 2. The highest BCUT2D eigenvalue weighted by molar-refractivity contribution is 6.06. The van der Waals surface area contributed by atoms with Crippen molar-refractivity contribution in [2.45, 2.75) is 51.0 Å². The van der Waals surface area contributed by atoms with Crippen LogP contribution in [-0.2, 0) is 15.0 Å². The summed E-state index contributed by atoms with van der Waals surface area (Å²) in [6.45, 7) is 3.76. The van der Waals surface area contributed by atoms with Crippen molar-refractivity contribution in [1.82, 2.24) is 0 Å². The Morgan fingerprint density at radius 3 is 2.54 bits per heavy atom. The largest absolute Gasteiger partial charge is 0.382 e. The fourth-order valence-electron chi connectivity index (χ4n) is 4.33. The van der Waals surface area contributed by atoms with Gasteiger partial charge in [-0.15, -0.1) is 0 Å². The van der Waals surface area contributed by atoms with Crippen LogP contribution in [0.4, 0.5) is 17.1 Å². The van der Waals surface area contributed by atoms with Gasteiger partial charge in [0.05, 0.1) is 5.41 Å². The molecule has 1 aliphatic carbocycles. The Morgan fingerprint density at radius 2 is 1.79 bits per heavy atom. The molecule has 0 radical (unpaired) electrons. The van der Waals surface area contributed by atoms with Gasteiger partial charge in [0.25, 0.3) is 0 Å². The first-order valence-electron chi connectivity index (χ1n) is 10.1. The van der Waals surface area contributed by atoms with Gasteiger partial charge < -0.3 is 16.0 Å². The van der Waals surface area contributed by atoms with Crippen LogP contribution >= 0.6 is 0 Å². The summed E-state index contributed by atoms with van der Waals surface area (Å²) in [5, 5.41) is 9.59. The number of anilines is 3. The number of nitrogens with one attached hydrogen (secondary N) is 3. The molecule has 28 heavy (non-hydrogen) atoms. The van der Waals surface area contributed by atoms with Crippen LogP contribution in [0.1, 0.15) is 45.1 Å². The summed E-state index contributed by atoms with van der Waals surface area (Å²) in [6, 6.07) is 16.2. The first-order valence-corrected chi connectivity index (χ1v) is 10.1. The highest BCUT2D eigenvalue weighted by atomic mass is 16.2. The van der Waals surface area contributed by atoms with Gasteiger partial charge >= 0.3 is 0 Å². The van der Waals surface area contributed by atoms with E-state index in [1.54, 1.807) is 0 Å². The van der Waals surface area contributed by atoms with E-state index < -0.39 is 0 Å². The Bertz CT molecular complexity index is 898. The van der Waals surface area contributed by atoms with Crippen LogP contribution < -0.4 is 16.0 Å². The molecule has 0 saturated heterocycles. The lowest BCUT2D eigenvalue weighted by atomic mass is 9.69. The number of para-hydroxylation sites is 1. The van der Waals surface area contributed by atoms with Crippen molar-refractivity contribution < 1.29 is 9.59 Å². The monoisotopic (exact) mass is 377 g/mol. The smallest absolute Gasteiger partial charge is 0.235 e. The zero-order chi connectivity index (χ0) is 19.7. The first kappa shape index (κ1) is 18.5. The predicted octanol–water partition coefficient (Wildman–Crippen LogP) is 4.53. The molecular formula is C23H27N3O2. The van der Waals surface area contributed by atoms with Gasteiger partial charge in [0.2, 0.25) is 11.8 Å². The molecule has 5 heteroatoms. The minimum atomic E-state index is -0.373. The van der Waals surface area contributed by atoms with Crippen LogP contribution in [0.25, 0.3) is 0 Å². The van der Waals surface area contributed by atoms with E-state index >= 15 is 0 Å². The van der Waals surface area contributed by atoms with Crippen molar-refractivity contribution in [2.24, 2.45) is 5.92 Å². The van der Waals surface area contributed by atoms with Gasteiger partial charge in [0.1, 0.15) is 0 Å². The molecule has 2 aromatic carbocycles. The zero-order valence-electron chi connectivity index (χ0n) is 16.4. The molecule has 1 heterocycles. The fourth-order valence-corrected chi connectivity index (χ4v) is 4.33. The van der Waals surface area contributed by atoms with Gasteiger partial charge in [-0.1, -0.05) is 38.1 Å². The SMILES string of the molecule is CC(C)C(=O)Nc1cccc(NC2CCC3(CC2)C(=O)Nc2ccccc23)c1. The summed E-state index contributed by atoms with van der Waals surface area (Å²) in [5.74, 6) is 0.111. The normalized spacial score (nSPS) is 23.4. The van der Waals surface area contributed by atoms with E-state index in [4.69, 9.17) is 0 Å². The topological polar surface area (TPSA) is 70.2 Å². The maximum atomic E-state index is 12.7. The van der Waals surface area contributed by atoms with Gasteiger partial charge in [-0.05, 0) is 55.5 Å². The summed E-state index contributed by atoms with van der Waals surface area (Å²) in [4.78, 5) is 24.6. The summed E-state index contributed by atoms with van der Waals surface area (Å²) < 4.78 is 0. The highest BCUT2D eigenvalue weighted by Gasteiger charge is 2.48. The lowest BCUT2D eigenvalue weighted by Crippen LogP contribution is -2.41. The number of hydrogen-bond acceptors (Lipinski definition) is 3. The third-order valence-corrected chi connectivity index (χ3v) is 5.99. The van der Waals surface area contributed by atoms with Gasteiger partial charge in [-0.2, -0.15) is 0 Å². The second kappa shape index (κ2) is 7.30. The first-order chi connectivity index (χ1) is 13.5. The molecule has 0 aromatic heterocycles. The third-order valence-electron chi connectivity index (χ3n) is 5.99. The second-order valence-corrected chi connectivity index (χ2v) is 8.23. The predicted molar refractivity (Wildman–Crippen MR) is 113 cm³/mol. The molecule has 2 aromatic rings. The van der Waals surface area contributed by atoms with E-state index in [0.717, 1.165) is 48.3 Å². The Morgan fingerprint density at radius 1 is 1.07 bits per heavy atom. The van der Waals surface area contributed by atoms with Crippen LogP contribution in [0.3, 0.4) is 0 Å². The maximum Gasteiger partial charge on any atom is 0.235 e. The quantitative estimate of drug-likeness (QED) is 0.733. The van der Waals surface area contributed by atoms with E-state index in [1.807, 2.05) is 56.3 Å². The molecule has 2 aliphatic rings. The summed E-state index contributed by atoms with van der Waals surface area (Å²) in [7, 11) is 0. The lowest BCUT2D eigenvalue weighted by molar-refractivity contribution is -0.122. The third kappa shape index (κ3) is 3.37. The van der Waals surface area contributed by atoms with E-state index in [-0.39, 0.29) is 23.1 Å². The van der Waals surface area contributed by atoms with Crippen molar-refractivity contribution in [3.8, 4) is 0 Å². The Hall–Kier alpha value is -2.82. The number of amides is 2. The van der Waals surface area contributed by atoms with Crippen molar-refractivity contribution >= 4 is 28.9 Å². The van der Waals surface area contributed by atoms with E-state index in [1.165, 1.54) is 0 Å². The van der Waals surface area contributed by atoms with Crippen LogP contribution in [-0.4, -0.2) is 17.9 Å². The summed E-state index contributed by atoms with van der Waals surface area (Å²) in [5.41, 5.74) is 3.55. The van der Waals surface area contributed by atoms with Crippen LogP contribution in [0.2, 0.25) is 0 Å². The molecule has 0 bridgehead atoms. The van der Waals surface area contributed by atoms with Crippen molar-refractivity contribution in [1.29, 1.82) is 0 Å². The minimum Gasteiger partial charge on any atom is -0.382 e. The molecule has 5 nitrogen and oxygen atoms in total. The van der Waals surface area contributed by atoms with E-state index in [2.05, 4.69) is 22.0 Å². The number of rotatable bonds is 4. The Labute approximate surface area is 165 Å². The average molecular weight is 377 g/mol. The molecule has 4 rings (SSSR count). The Kier molecular flexibility index (Phi) is 4.84. The van der Waals surface area contributed by atoms with Gasteiger partial charge in [0, 0.05) is 29.0 Å². The highest BCUT2D eigenvalue weighted by Crippen LogP contribution is 2.47. The second-order valence-electron chi connectivity index (χ2n) is 8.23. The van der Waals surface area contributed by atoms with Gasteiger partial charge in [-0.3, -0.25) is 9.59 Å². The molecule has 1 fully saturated rings.